The maximum absolute atomic E-state index is 13.0. The van der Waals surface area contributed by atoms with E-state index in [1.54, 1.807) is 7.11 Å². The van der Waals surface area contributed by atoms with Crippen LogP contribution in [0.1, 0.15) is 113 Å². The number of esters is 2. The summed E-state index contributed by atoms with van der Waals surface area (Å²) < 4.78 is 17.3. The Morgan fingerprint density at radius 2 is 1.51 bits per heavy atom. The third-order valence-corrected chi connectivity index (χ3v) is 15.1. The number of fused-ring (bicyclic) bond motifs is 7. The zero-order valence-electron chi connectivity index (χ0n) is 25.7. The molecule has 5 aliphatic carbocycles. The van der Waals surface area contributed by atoms with E-state index in [0.29, 0.717) is 30.8 Å². The minimum Gasteiger partial charge on any atom is -0.469 e. The smallest absolute Gasteiger partial charge is 0.311 e. The maximum Gasteiger partial charge on any atom is 0.311 e. The van der Waals surface area contributed by atoms with Crippen molar-refractivity contribution >= 4 is 11.9 Å². The second-order valence-corrected chi connectivity index (χ2v) is 16.3. The summed E-state index contributed by atoms with van der Waals surface area (Å²) in [6.07, 6.45) is 9.95. The van der Waals surface area contributed by atoms with Gasteiger partial charge in [0.05, 0.1) is 19.1 Å². The predicted octanol–water partition coefficient (Wildman–Crippen LogP) is 6.28. The molecule has 1 spiro atoms. The fourth-order valence-corrected chi connectivity index (χ4v) is 12.5. The molecule has 6 aliphatic rings. The number of hydrogen-bond donors (Lipinski definition) is 1. The summed E-state index contributed by atoms with van der Waals surface area (Å²) in [7, 11) is 1.54. The number of carbonyl (C=O) groups excluding carboxylic acids is 2. The van der Waals surface area contributed by atoms with Crippen molar-refractivity contribution in [2.75, 3.05) is 13.7 Å². The molecule has 6 nitrogen and oxygen atoms in total. The SMILES string of the molecule is COC(=O)[C@]1(C)CC[C@]2(C)CC[C@]3(C)[C@H]4CC[C@]56CO[C@@](O)([C@@H]5C)[C@H](OC(C)=O)C[C@H]6[C@]4(C)CC[C@@]3(C)[C@@H]2C1. The predicted molar refractivity (Wildman–Crippen MR) is 147 cm³/mol. The Kier molecular flexibility index (Phi) is 5.91. The molecule has 39 heavy (non-hydrogen) atoms. The Bertz CT molecular complexity index is 1070. The van der Waals surface area contributed by atoms with Gasteiger partial charge in [0.15, 0.2) is 6.10 Å². The van der Waals surface area contributed by atoms with Crippen LogP contribution in [0.4, 0.5) is 0 Å². The number of hydrogen-bond acceptors (Lipinski definition) is 6. The molecule has 1 saturated heterocycles. The molecular formula is C33H52O6. The summed E-state index contributed by atoms with van der Waals surface area (Å²) in [6, 6.07) is 0. The molecule has 1 aliphatic heterocycles. The average Bonchev–Trinajstić information content (AvgIpc) is 3.05. The third kappa shape index (κ3) is 3.28. The standard InChI is InChI=1S/C33H52O6/c1-20-32-10-9-22-29(5,23(32)17-25(39-21(2)34)33(20,36)38-19-32)14-16-31(7)24-18-28(4,26(35)37-8)12-11-27(24,3)13-15-30(22,31)6/h20,22-25,36H,9-19H2,1-8H3/t20-,22+,23+,24-,25-,27-,28-,29-,30-,31+,32+,33+/m1/s1. The molecule has 0 unspecified atom stereocenters. The Balaban J connectivity index is 1.38. The summed E-state index contributed by atoms with van der Waals surface area (Å²) in [4.78, 5) is 25.1. The molecule has 2 bridgehead atoms. The second kappa shape index (κ2) is 8.24. The van der Waals surface area contributed by atoms with Crippen molar-refractivity contribution in [3.8, 4) is 0 Å². The molecule has 6 rings (SSSR count). The average molecular weight is 545 g/mol. The topological polar surface area (TPSA) is 82.1 Å². The van der Waals surface area contributed by atoms with Gasteiger partial charge in [0.2, 0.25) is 5.79 Å². The van der Waals surface area contributed by atoms with E-state index in [2.05, 4.69) is 41.5 Å². The highest BCUT2D eigenvalue weighted by molar-refractivity contribution is 5.76. The molecule has 0 aromatic heterocycles. The van der Waals surface area contributed by atoms with Crippen LogP contribution < -0.4 is 0 Å². The molecule has 0 radical (unpaired) electrons. The fraction of sp³-hybridized carbons (Fsp3) is 0.939. The lowest BCUT2D eigenvalue weighted by molar-refractivity contribution is -0.293. The zero-order valence-corrected chi connectivity index (χ0v) is 25.7. The van der Waals surface area contributed by atoms with Crippen LogP contribution in [-0.2, 0) is 23.8 Å². The molecule has 1 N–H and O–H groups in total. The summed E-state index contributed by atoms with van der Waals surface area (Å²) in [5.41, 5.74) is 0.182. The summed E-state index contributed by atoms with van der Waals surface area (Å²) in [6.45, 7) is 16.5. The third-order valence-electron chi connectivity index (χ3n) is 15.1. The van der Waals surface area contributed by atoms with Gasteiger partial charge in [0.1, 0.15) is 0 Å². The van der Waals surface area contributed by atoms with Crippen molar-refractivity contribution in [1.82, 2.24) is 0 Å². The molecular weight excluding hydrogens is 492 g/mol. The maximum atomic E-state index is 13.0. The Labute approximate surface area is 235 Å². The normalized spacial score (nSPS) is 57.8. The van der Waals surface area contributed by atoms with Crippen LogP contribution in [0.5, 0.6) is 0 Å². The number of aliphatic hydroxyl groups is 1. The number of methoxy groups -OCH3 is 1. The Hall–Kier alpha value is -1.14. The van der Waals surface area contributed by atoms with Crippen molar-refractivity contribution in [3.63, 3.8) is 0 Å². The first-order valence-electron chi connectivity index (χ1n) is 15.7. The van der Waals surface area contributed by atoms with Crippen LogP contribution in [-0.4, -0.2) is 42.7 Å². The van der Waals surface area contributed by atoms with E-state index < -0.39 is 17.3 Å². The number of ether oxygens (including phenoxy) is 3. The quantitative estimate of drug-likeness (QED) is 0.412. The van der Waals surface area contributed by atoms with Gasteiger partial charge in [-0.1, -0.05) is 34.6 Å². The Morgan fingerprint density at radius 1 is 0.872 bits per heavy atom. The van der Waals surface area contributed by atoms with E-state index in [1.165, 1.54) is 19.8 Å². The molecule has 1 heterocycles. The summed E-state index contributed by atoms with van der Waals surface area (Å²) in [5.74, 6) is -0.462. The van der Waals surface area contributed by atoms with Crippen LogP contribution in [0.15, 0.2) is 0 Å². The van der Waals surface area contributed by atoms with Gasteiger partial charge in [0, 0.05) is 18.3 Å². The van der Waals surface area contributed by atoms with E-state index in [0.717, 1.165) is 44.9 Å². The largest absolute Gasteiger partial charge is 0.469 e. The van der Waals surface area contributed by atoms with Gasteiger partial charge in [-0.05, 0) is 111 Å². The van der Waals surface area contributed by atoms with Crippen molar-refractivity contribution in [2.24, 2.45) is 56.2 Å². The van der Waals surface area contributed by atoms with Gasteiger partial charge in [-0.3, -0.25) is 9.59 Å². The lowest BCUT2D eigenvalue weighted by Gasteiger charge is -2.74. The second-order valence-electron chi connectivity index (χ2n) is 16.3. The first-order chi connectivity index (χ1) is 18.0. The molecule has 6 fully saturated rings. The van der Waals surface area contributed by atoms with Crippen LogP contribution >= 0.6 is 0 Å². The van der Waals surface area contributed by atoms with E-state index in [4.69, 9.17) is 14.2 Å². The summed E-state index contributed by atoms with van der Waals surface area (Å²) >= 11 is 0. The van der Waals surface area contributed by atoms with Gasteiger partial charge < -0.3 is 19.3 Å². The first-order valence-corrected chi connectivity index (χ1v) is 15.7. The molecule has 0 aromatic rings. The lowest BCUT2D eigenvalue weighted by Crippen LogP contribution is -2.69. The van der Waals surface area contributed by atoms with E-state index in [-0.39, 0.29) is 44.9 Å². The lowest BCUT2D eigenvalue weighted by atomic mass is 9.30. The number of rotatable bonds is 2. The van der Waals surface area contributed by atoms with E-state index >= 15 is 0 Å². The van der Waals surface area contributed by atoms with Gasteiger partial charge in [-0.15, -0.1) is 0 Å². The van der Waals surface area contributed by atoms with Crippen molar-refractivity contribution in [3.05, 3.63) is 0 Å². The van der Waals surface area contributed by atoms with Gasteiger partial charge >= 0.3 is 11.9 Å². The van der Waals surface area contributed by atoms with Crippen LogP contribution in [0, 0.1) is 56.2 Å². The molecule has 220 valence electrons. The summed E-state index contributed by atoms with van der Waals surface area (Å²) in [5, 5.41) is 11.6. The van der Waals surface area contributed by atoms with Crippen LogP contribution in [0.3, 0.4) is 0 Å². The molecule has 12 atom stereocenters. The monoisotopic (exact) mass is 544 g/mol. The van der Waals surface area contributed by atoms with Gasteiger partial charge in [0.25, 0.3) is 0 Å². The fourth-order valence-electron chi connectivity index (χ4n) is 12.5. The van der Waals surface area contributed by atoms with Gasteiger partial charge in [-0.25, -0.2) is 0 Å². The molecule has 0 aromatic carbocycles. The van der Waals surface area contributed by atoms with Gasteiger partial charge in [-0.2, -0.15) is 0 Å². The molecule has 6 heteroatoms. The van der Waals surface area contributed by atoms with E-state index in [9.17, 15) is 14.7 Å². The van der Waals surface area contributed by atoms with E-state index in [1.807, 2.05) is 0 Å². The van der Waals surface area contributed by atoms with Crippen LogP contribution in [0.25, 0.3) is 0 Å². The molecule has 5 saturated carbocycles. The highest BCUT2D eigenvalue weighted by atomic mass is 16.7. The highest BCUT2D eigenvalue weighted by Gasteiger charge is 2.76. The van der Waals surface area contributed by atoms with Crippen molar-refractivity contribution in [1.29, 1.82) is 0 Å². The minimum absolute atomic E-state index is 0.0397. The highest BCUT2D eigenvalue weighted by Crippen LogP contribution is 2.79. The minimum atomic E-state index is -1.38. The van der Waals surface area contributed by atoms with Crippen LogP contribution in [0.2, 0.25) is 0 Å². The molecule has 0 amide bonds. The first kappa shape index (κ1) is 28.0. The van der Waals surface area contributed by atoms with Crippen molar-refractivity contribution in [2.45, 2.75) is 125 Å². The zero-order chi connectivity index (χ0) is 28.4. The van der Waals surface area contributed by atoms with Crippen molar-refractivity contribution < 1.29 is 28.9 Å². The number of carbonyl (C=O) groups is 2. The Morgan fingerprint density at radius 3 is 2.18 bits per heavy atom.